The number of benzene rings is 1. The van der Waals surface area contributed by atoms with Crippen molar-refractivity contribution in [3.05, 3.63) is 35.1 Å². The molecule has 1 aromatic rings. The summed E-state index contributed by atoms with van der Waals surface area (Å²) in [7, 11) is 0. The van der Waals surface area contributed by atoms with E-state index in [-0.39, 0.29) is 11.8 Å². The van der Waals surface area contributed by atoms with Crippen LogP contribution in [0, 0.1) is 5.82 Å². The third kappa shape index (κ3) is 1.37. The second-order valence-corrected chi connectivity index (χ2v) is 3.37. The Kier molecular flexibility index (Phi) is 2.21. The summed E-state index contributed by atoms with van der Waals surface area (Å²) in [5.74, 6) is -0.510. The number of halogens is 1. The number of hydrogen-bond acceptors (Lipinski definition) is 2. The van der Waals surface area contributed by atoms with E-state index in [2.05, 4.69) is 5.32 Å². The Morgan fingerprint density at radius 1 is 1.57 bits per heavy atom. The molecule has 1 atom stereocenters. The largest absolute Gasteiger partial charge is 0.351 e. The van der Waals surface area contributed by atoms with Crippen LogP contribution in [-0.2, 0) is 0 Å². The van der Waals surface area contributed by atoms with Crippen LogP contribution in [0.5, 0.6) is 0 Å². The number of carbonyl (C=O) groups is 1. The van der Waals surface area contributed by atoms with Crippen molar-refractivity contribution < 1.29 is 9.18 Å². The van der Waals surface area contributed by atoms with Crippen LogP contribution in [0.1, 0.15) is 21.8 Å². The molecule has 0 radical (unpaired) electrons. The van der Waals surface area contributed by atoms with Crippen molar-refractivity contribution in [2.24, 2.45) is 5.73 Å². The molecule has 0 saturated carbocycles. The van der Waals surface area contributed by atoms with Crippen molar-refractivity contribution >= 4 is 5.91 Å². The van der Waals surface area contributed by atoms with Gasteiger partial charge in [-0.25, -0.2) is 4.39 Å². The Labute approximate surface area is 81.1 Å². The number of fused-ring (bicyclic) bond motifs is 1. The molecule has 1 aliphatic heterocycles. The van der Waals surface area contributed by atoms with Crippen LogP contribution in [0.25, 0.3) is 0 Å². The third-order valence-electron chi connectivity index (χ3n) is 2.49. The molecule has 74 valence electrons. The summed E-state index contributed by atoms with van der Waals surface area (Å²) in [5.41, 5.74) is 6.81. The van der Waals surface area contributed by atoms with Crippen molar-refractivity contribution in [3.63, 3.8) is 0 Å². The summed E-state index contributed by atoms with van der Waals surface area (Å²) in [6.07, 6.45) is 0. The average Bonchev–Trinajstić information content (AvgIpc) is 2.19. The minimum Gasteiger partial charge on any atom is -0.351 e. The van der Waals surface area contributed by atoms with Gasteiger partial charge in [-0.05, 0) is 17.7 Å². The van der Waals surface area contributed by atoms with Gasteiger partial charge in [-0.15, -0.1) is 0 Å². The van der Waals surface area contributed by atoms with Gasteiger partial charge >= 0.3 is 0 Å². The van der Waals surface area contributed by atoms with E-state index >= 15 is 0 Å². The van der Waals surface area contributed by atoms with E-state index < -0.39 is 5.82 Å². The molecule has 0 aromatic heterocycles. The number of nitrogens with one attached hydrogen (secondary N) is 1. The van der Waals surface area contributed by atoms with E-state index in [1.807, 2.05) is 0 Å². The molecular formula is C10H11FN2O. The zero-order valence-corrected chi connectivity index (χ0v) is 7.59. The van der Waals surface area contributed by atoms with E-state index in [0.29, 0.717) is 18.7 Å². The fourth-order valence-electron chi connectivity index (χ4n) is 1.71. The molecule has 0 aliphatic carbocycles. The van der Waals surface area contributed by atoms with Gasteiger partial charge in [0.25, 0.3) is 5.91 Å². The average molecular weight is 194 g/mol. The Bertz CT molecular complexity index is 378. The number of amides is 1. The van der Waals surface area contributed by atoms with Crippen LogP contribution in [0.4, 0.5) is 4.39 Å². The maximum atomic E-state index is 12.9. The Balaban J connectivity index is 2.51. The lowest BCUT2D eigenvalue weighted by Crippen LogP contribution is -2.37. The predicted octanol–water partition coefficient (Wildman–Crippen LogP) is 0.611. The first-order chi connectivity index (χ1) is 6.72. The lowest BCUT2D eigenvalue weighted by molar-refractivity contribution is 0.0940. The van der Waals surface area contributed by atoms with Crippen LogP contribution < -0.4 is 11.1 Å². The molecule has 0 bridgehead atoms. The molecule has 3 nitrogen and oxygen atoms in total. The molecule has 1 aliphatic rings. The summed E-state index contributed by atoms with van der Waals surface area (Å²) < 4.78 is 12.9. The lowest BCUT2D eigenvalue weighted by Gasteiger charge is -2.24. The number of rotatable bonds is 1. The standard InChI is InChI=1S/C10H11FN2O/c11-7-1-2-8-6(4-12)5-13-10(14)9(8)3-7/h1-3,6H,4-5,12H2,(H,13,14). The highest BCUT2D eigenvalue weighted by Gasteiger charge is 2.24. The van der Waals surface area contributed by atoms with Gasteiger partial charge in [0, 0.05) is 24.6 Å². The van der Waals surface area contributed by atoms with Crippen LogP contribution >= 0.6 is 0 Å². The molecule has 3 N–H and O–H groups in total. The molecule has 0 fully saturated rings. The summed E-state index contributed by atoms with van der Waals surface area (Å²) in [6, 6.07) is 4.26. The first kappa shape index (κ1) is 9.15. The maximum absolute atomic E-state index is 12.9. The normalized spacial score (nSPS) is 20.1. The molecule has 0 saturated heterocycles. The van der Waals surface area contributed by atoms with E-state index in [1.165, 1.54) is 12.1 Å². The van der Waals surface area contributed by atoms with Crippen molar-refractivity contribution in [1.29, 1.82) is 0 Å². The Morgan fingerprint density at radius 3 is 3.07 bits per heavy atom. The van der Waals surface area contributed by atoms with Gasteiger partial charge in [-0.1, -0.05) is 6.07 Å². The SMILES string of the molecule is NCC1CNC(=O)c2cc(F)ccc21. The number of carbonyl (C=O) groups excluding carboxylic acids is 1. The van der Waals surface area contributed by atoms with Crippen molar-refractivity contribution in [2.45, 2.75) is 5.92 Å². The zero-order chi connectivity index (χ0) is 10.1. The Hall–Kier alpha value is -1.42. The summed E-state index contributed by atoms with van der Waals surface area (Å²) in [6.45, 7) is 0.993. The first-order valence-electron chi connectivity index (χ1n) is 4.50. The van der Waals surface area contributed by atoms with Crippen molar-refractivity contribution in [2.75, 3.05) is 13.1 Å². The minimum absolute atomic E-state index is 0.100. The molecule has 0 spiro atoms. The number of hydrogen-bond donors (Lipinski definition) is 2. The van der Waals surface area contributed by atoms with Gasteiger partial charge in [0.15, 0.2) is 0 Å². The highest BCUT2D eigenvalue weighted by atomic mass is 19.1. The molecule has 1 amide bonds. The summed E-state index contributed by atoms with van der Waals surface area (Å²) in [4.78, 5) is 11.4. The Morgan fingerprint density at radius 2 is 2.36 bits per heavy atom. The maximum Gasteiger partial charge on any atom is 0.251 e. The molecule has 1 unspecified atom stereocenters. The topological polar surface area (TPSA) is 55.1 Å². The number of nitrogens with two attached hydrogens (primary N) is 1. The van der Waals surface area contributed by atoms with Gasteiger partial charge in [0.1, 0.15) is 5.82 Å². The van der Waals surface area contributed by atoms with Crippen molar-refractivity contribution in [3.8, 4) is 0 Å². The highest BCUT2D eigenvalue weighted by molar-refractivity contribution is 5.97. The van der Waals surface area contributed by atoms with Gasteiger partial charge in [0.2, 0.25) is 0 Å². The predicted molar refractivity (Wildman–Crippen MR) is 50.5 cm³/mol. The quantitative estimate of drug-likeness (QED) is 0.688. The monoisotopic (exact) mass is 194 g/mol. The molecule has 14 heavy (non-hydrogen) atoms. The summed E-state index contributed by atoms with van der Waals surface area (Å²) >= 11 is 0. The third-order valence-corrected chi connectivity index (χ3v) is 2.49. The van der Waals surface area contributed by atoms with Gasteiger partial charge < -0.3 is 11.1 Å². The first-order valence-corrected chi connectivity index (χ1v) is 4.50. The van der Waals surface area contributed by atoms with Crippen LogP contribution in [0.15, 0.2) is 18.2 Å². The lowest BCUT2D eigenvalue weighted by atomic mass is 9.90. The van der Waals surface area contributed by atoms with E-state index in [1.54, 1.807) is 6.07 Å². The van der Waals surface area contributed by atoms with Gasteiger partial charge in [-0.2, -0.15) is 0 Å². The molecule has 2 rings (SSSR count). The second-order valence-electron chi connectivity index (χ2n) is 3.37. The summed E-state index contributed by atoms with van der Waals surface area (Å²) in [5, 5.41) is 2.68. The molecular weight excluding hydrogens is 183 g/mol. The van der Waals surface area contributed by atoms with Crippen LogP contribution in [-0.4, -0.2) is 19.0 Å². The van der Waals surface area contributed by atoms with Gasteiger partial charge in [0.05, 0.1) is 0 Å². The van der Waals surface area contributed by atoms with E-state index in [4.69, 9.17) is 5.73 Å². The molecule has 1 heterocycles. The van der Waals surface area contributed by atoms with Crippen LogP contribution in [0.3, 0.4) is 0 Å². The highest BCUT2D eigenvalue weighted by Crippen LogP contribution is 2.23. The minimum atomic E-state index is -0.392. The van der Waals surface area contributed by atoms with Crippen LogP contribution in [0.2, 0.25) is 0 Å². The van der Waals surface area contributed by atoms with E-state index in [0.717, 1.165) is 5.56 Å². The molecule has 4 heteroatoms. The second kappa shape index (κ2) is 3.38. The van der Waals surface area contributed by atoms with Crippen molar-refractivity contribution in [1.82, 2.24) is 5.32 Å². The fourth-order valence-corrected chi connectivity index (χ4v) is 1.71. The van der Waals surface area contributed by atoms with E-state index in [9.17, 15) is 9.18 Å². The zero-order valence-electron chi connectivity index (χ0n) is 7.59. The fraction of sp³-hybridized carbons (Fsp3) is 0.300. The smallest absolute Gasteiger partial charge is 0.251 e. The van der Waals surface area contributed by atoms with Gasteiger partial charge in [-0.3, -0.25) is 4.79 Å². The molecule has 1 aromatic carbocycles.